The molecule has 27 heavy (non-hydrogen) atoms. The molecule has 0 aromatic heterocycles. The van der Waals surface area contributed by atoms with Gasteiger partial charge in [0.15, 0.2) is 0 Å². The average Bonchev–Trinajstić information content (AvgIpc) is 2.65. The van der Waals surface area contributed by atoms with Crippen LogP contribution in [0.15, 0.2) is 42.5 Å². The molecule has 0 spiro atoms. The minimum Gasteiger partial charge on any atom is -0.341 e. The van der Waals surface area contributed by atoms with Crippen molar-refractivity contribution in [1.82, 2.24) is 10.2 Å². The molecule has 4 nitrogen and oxygen atoms in total. The Labute approximate surface area is 166 Å². The molecule has 0 bridgehead atoms. The number of urea groups is 1. The maximum atomic E-state index is 11.8. The standard InChI is InChI=1S/C22H28ClN3O/c1-16-6-3-10-21(25-22(27)24-2)20(16)15-26-11-5-8-18(14-26)12-17-7-4-9-19(23)13-17/h3-4,6-7,9-10,13,18H,5,8,11-12,14-15H2,1-2H3,(H2,24,25,27). The van der Waals surface area contributed by atoms with Gasteiger partial charge in [-0.05, 0) is 73.5 Å². The number of carbonyl (C=O) groups excluding carboxylic acids is 1. The molecule has 5 heteroatoms. The van der Waals surface area contributed by atoms with E-state index in [-0.39, 0.29) is 6.03 Å². The zero-order chi connectivity index (χ0) is 19.2. The van der Waals surface area contributed by atoms with E-state index in [1.807, 2.05) is 24.3 Å². The van der Waals surface area contributed by atoms with Crippen molar-refractivity contribution in [3.05, 3.63) is 64.2 Å². The third-order valence-electron chi connectivity index (χ3n) is 5.28. The first kappa shape index (κ1) is 19.7. The van der Waals surface area contributed by atoms with Crippen LogP contribution in [-0.2, 0) is 13.0 Å². The summed E-state index contributed by atoms with van der Waals surface area (Å²) in [4.78, 5) is 14.3. The van der Waals surface area contributed by atoms with E-state index in [1.54, 1.807) is 7.05 Å². The maximum absolute atomic E-state index is 11.8. The first-order valence-electron chi connectivity index (χ1n) is 9.59. The summed E-state index contributed by atoms with van der Waals surface area (Å²) in [6, 6.07) is 14.1. The molecule has 144 valence electrons. The average molecular weight is 386 g/mol. The fraction of sp³-hybridized carbons (Fsp3) is 0.409. The summed E-state index contributed by atoms with van der Waals surface area (Å²) in [6.45, 7) is 5.13. The highest BCUT2D eigenvalue weighted by molar-refractivity contribution is 6.30. The van der Waals surface area contributed by atoms with Crippen LogP contribution in [0.2, 0.25) is 5.02 Å². The molecule has 3 rings (SSSR count). The van der Waals surface area contributed by atoms with Crippen molar-refractivity contribution in [3.8, 4) is 0 Å². The van der Waals surface area contributed by atoms with Gasteiger partial charge in [0.2, 0.25) is 0 Å². The van der Waals surface area contributed by atoms with Crippen LogP contribution in [-0.4, -0.2) is 31.1 Å². The number of aryl methyl sites for hydroxylation is 1. The van der Waals surface area contributed by atoms with Gasteiger partial charge in [-0.2, -0.15) is 0 Å². The Hall–Kier alpha value is -2.04. The predicted octanol–water partition coefficient (Wildman–Crippen LogP) is 4.85. The number of likely N-dealkylation sites (tertiary alicyclic amines) is 1. The Kier molecular flexibility index (Phi) is 6.75. The zero-order valence-corrected chi connectivity index (χ0v) is 16.9. The van der Waals surface area contributed by atoms with Gasteiger partial charge in [0.25, 0.3) is 0 Å². The van der Waals surface area contributed by atoms with Crippen LogP contribution in [0.5, 0.6) is 0 Å². The predicted molar refractivity (Wildman–Crippen MR) is 112 cm³/mol. The summed E-state index contributed by atoms with van der Waals surface area (Å²) in [5.74, 6) is 0.636. The molecule has 1 fully saturated rings. The highest BCUT2D eigenvalue weighted by Crippen LogP contribution is 2.27. The summed E-state index contributed by atoms with van der Waals surface area (Å²) >= 11 is 6.14. The number of carbonyl (C=O) groups is 1. The van der Waals surface area contributed by atoms with Crippen LogP contribution in [0.3, 0.4) is 0 Å². The van der Waals surface area contributed by atoms with E-state index in [0.717, 1.165) is 36.8 Å². The van der Waals surface area contributed by atoms with E-state index in [1.165, 1.54) is 29.5 Å². The molecule has 0 radical (unpaired) electrons. The maximum Gasteiger partial charge on any atom is 0.318 e. The number of hydrogen-bond acceptors (Lipinski definition) is 2. The van der Waals surface area contributed by atoms with Gasteiger partial charge < -0.3 is 10.6 Å². The first-order valence-corrected chi connectivity index (χ1v) is 9.97. The Bertz CT molecular complexity index is 793. The number of hydrogen-bond donors (Lipinski definition) is 2. The molecular formula is C22H28ClN3O. The molecule has 1 saturated heterocycles. The Morgan fingerprint density at radius 3 is 2.85 bits per heavy atom. The lowest BCUT2D eigenvalue weighted by Gasteiger charge is -2.33. The van der Waals surface area contributed by atoms with Crippen molar-refractivity contribution in [1.29, 1.82) is 0 Å². The van der Waals surface area contributed by atoms with Crippen LogP contribution in [0.4, 0.5) is 10.5 Å². The van der Waals surface area contributed by atoms with Gasteiger partial charge in [-0.25, -0.2) is 4.79 Å². The van der Waals surface area contributed by atoms with E-state index in [2.05, 4.69) is 40.7 Å². The van der Waals surface area contributed by atoms with Crippen molar-refractivity contribution in [3.63, 3.8) is 0 Å². The molecule has 2 N–H and O–H groups in total. The second kappa shape index (κ2) is 9.25. The Balaban J connectivity index is 1.68. The molecule has 1 atom stereocenters. The highest BCUT2D eigenvalue weighted by Gasteiger charge is 2.22. The molecule has 0 aliphatic carbocycles. The van der Waals surface area contributed by atoms with E-state index < -0.39 is 0 Å². The number of rotatable bonds is 5. The van der Waals surface area contributed by atoms with Gasteiger partial charge in [0, 0.05) is 30.8 Å². The molecule has 1 aliphatic heterocycles. The van der Waals surface area contributed by atoms with Gasteiger partial charge >= 0.3 is 6.03 Å². The van der Waals surface area contributed by atoms with E-state index >= 15 is 0 Å². The smallest absolute Gasteiger partial charge is 0.318 e. The summed E-state index contributed by atoms with van der Waals surface area (Å²) in [6.07, 6.45) is 3.52. The summed E-state index contributed by atoms with van der Waals surface area (Å²) in [5, 5.41) is 6.39. The highest BCUT2D eigenvalue weighted by atomic mass is 35.5. The normalized spacial score (nSPS) is 17.5. The number of amides is 2. The van der Waals surface area contributed by atoms with Crippen LogP contribution in [0.1, 0.15) is 29.5 Å². The lowest BCUT2D eigenvalue weighted by atomic mass is 9.91. The Morgan fingerprint density at radius 2 is 2.07 bits per heavy atom. The van der Waals surface area contributed by atoms with Crippen molar-refractivity contribution >= 4 is 23.3 Å². The quantitative estimate of drug-likeness (QED) is 0.772. The number of anilines is 1. The second-order valence-corrected chi connectivity index (χ2v) is 7.82. The molecule has 1 heterocycles. The first-order chi connectivity index (χ1) is 13.0. The second-order valence-electron chi connectivity index (χ2n) is 7.38. The molecule has 2 aromatic rings. The Morgan fingerprint density at radius 1 is 1.26 bits per heavy atom. The van der Waals surface area contributed by atoms with Crippen LogP contribution in [0.25, 0.3) is 0 Å². The lowest BCUT2D eigenvalue weighted by molar-refractivity contribution is 0.167. The SMILES string of the molecule is CNC(=O)Nc1cccc(C)c1CN1CCCC(Cc2cccc(Cl)c2)C1. The topological polar surface area (TPSA) is 44.4 Å². The fourth-order valence-corrected chi connectivity index (χ4v) is 4.11. The van der Waals surface area contributed by atoms with Crippen molar-refractivity contribution in [2.45, 2.75) is 32.7 Å². The monoisotopic (exact) mass is 385 g/mol. The number of nitrogens with zero attached hydrogens (tertiary/aromatic N) is 1. The summed E-state index contributed by atoms with van der Waals surface area (Å²) in [5.41, 5.74) is 4.61. The van der Waals surface area contributed by atoms with Crippen molar-refractivity contribution in [2.24, 2.45) is 5.92 Å². The fourth-order valence-electron chi connectivity index (χ4n) is 3.90. The number of piperidine rings is 1. The molecule has 2 aromatic carbocycles. The largest absolute Gasteiger partial charge is 0.341 e. The summed E-state index contributed by atoms with van der Waals surface area (Å²) in [7, 11) is 1.63. The molecule has 1 unspecified atom stereocenters. The van der Waals surface area contributed by atoms with Crippen molar-refractivity contribution in [2.75, 3.05) is 25.5 Å². The zero-order valence-electron chi connectivity index (χ0n) is 16.1. The third-order valence-corrected chi connectivity index (χ3v) is 5.52. The van der Waals surface area contributed by atoms with Gasteiger partial charge in [-0.1, -0.05) is 35.9 Å². The van der Waals surface area contributed by atoms with Crippen LogP contribution in [0, 0.1) is 12.8 Å². The molecular weight excluding hydrogens is 358 g/mol. The molecule has 1 aliphatic rings. The minimum atomic E-state index is -0.181. The number of halogens is 1. The van der Waals surface area contributed by atoms with E-state index in [0.29, 0.717) is 5.92 Å². The molecule has 2 amide bonds. The van der Waals surface area contributed by atoms with Crippen LogP contribution < -0.4 is 10.6 Å². The van der Waals surface area contributed by atoms with E-state index in [9.17, 15) is 4.79 Å². The van der Waals surface area contributed by atoms with Gasteiger partial charge in [-0.3, -0.25) is 4.90 Å². The van der Waals surface area contributed by atoms with Gasteiger partial charge in [0.1, 0.15) is 0 Å². The molecule has 0 saturated carbocycles. The van der Waals surface area contributed by atoms with Gasteiger partial charge in [0.05, 0.1) is 0 Å². The third kappa shape index (κ3) is 5.47. The minimum absolute atomic E-state index is 0.181. The van der Waals surface area contributed by atoms with Crippen LogP contribution >= 0.6 is 11.6 Å². The lowest BCUT2D eigenvalue weighted by Crippen LogP contribution is -2.36. The van der Waals surface area contributed by atoms with Gasteiger partial charge in [-0.15, -0.1) is 0 Å². The van der Waals surface area contributed by atoms with E-state index in [4.69, 9.17) is 11.6 Å². The number of nitrogens with one attached hydrogen (secondary N) is 2. The summed E-state index contributed by atoms with van der Waals surface area (Å²) < 4.78 is 0. The number of benzene rings is 2. The van der Waals surface area contributed by atoms with Crippen molar-refractivity contribution < 1.29 is 4.79 Å².